The van der Waals surface area contributed by atoms with Crippen LogP contribution in [0.5, 0.6) is 11.5 Å². The molecule has 0 saturated carbocycles. The highest BCUT2D eigenvalue weighted by Crippen LogP contribution is 2.48. The highest BCUT2D eigenvalue weighted by atomic mass is 16.7. The summed E-state index contributed by atoms with van der Waals surface area (Å²) < 4.78 is 10.5. The number of nitro benzene ring substituents is 1. The third-order valence-corrected chi connectivity index (χ3v) is 4.88. The van der Waals surface area contributed by atoms with Gasteiger partial charge in [-0.3, -0.25) is 19.7 Å². The summed E-state index contributed by atoms with van der Waals surface area (Å²) in [6.07, 6.45) is 0. The number of fused-ring (bicyclic) bond motifs is 2. The van der Waals surface area contributed by atoms with Gasteiger partial charge in [-0.2, -0.15) is 0 Å². The summed E-state index contributed by atoms with van der Waals surface area (Å²) >= 11 is 0. The minimum absolute atomic E-state index is 0.0828. The van der Waals surface area contributed by atoms with Crippen LogP contribution in [0.3, 0.4) is 0 Å². The number of nitrogens with zero attached hydrogens (tertiary/aromatic N) is 2. The average molecular weight is 370 g/mol. The van der Waals surface area contributed by atoms with Crippen LogP contribution in [0.25, 0.3) is 0 Å². The van der Waals surface area contributed by atoms with Gasteiger partial charge in [0.25, 0.3) is 11.6 Å². The number of ether oxygens (including phenoxy) is 2. The fraction of sp³-hybridized carbons (Fsp3) is 0.222. The third-order valence-electron chi connectivity index (χ3n) is 4.88. The zero-order chi connectivity index (χ0) is 19.3. The summed E-state index contributed by atoms with van der Waals surface area (Å²) in [6.45, 7) is -0.0828. The van der Waals surface area contributed by atoms with E-state index in [-0.39, 0.29) is 35.1 Å². The zero-order valence-corrected chi connectivity index (χ0v) is 14.1. The van der Waals surface area contributed by atoms with Gasteiger partial charge in [-0.05, 0) is 17.7 Å². The number of amides is 1. The standard InChI is InChI=1S/C18H14N2O7/c1-19-16(11-6-13-14(27-8-26-13)7-12(11)20(24)25)15(18(22)23)9-4-2-3-5-10(9)17(19)21/h2-7,15-16H,8H2,1H3,(H,22,23)/t15-,16-/m1/s1. The molecule has 0 aromatic heterocycles. The molecule has 138 valence electrons. The average Bonchev–Trinajstić information content (AvgIpc) is 3.10. The first-order valence-electron chi connectivity index (χ1n) is 8.07. The summed E-state index contributed by atoms with van der Waals surface area (Å²) in [7, 11) is 1.44. The smallest absolute Gasteiger partial charge is 0.313 e. The van der Waals surface area contributed by atoms with Crippen LogP contribution in [0.1, 0.15) is 33.4 Å². The Morgan fingerprint density at radius 3 is 2.56 bits per heavy atom. The summed E-state index contributed by atoms with van der Waals surface area (Å²) in [5.74, 6) is -2.26. The van der Waals surface area contributed by atoms with Crippen molar-refractivity contribution in [1.82, 2.24) is 4.90 Å². The van der Waals surface area contributed by atoms with Gasteiger partial charge in [0.1, 0.15) is 5.92 Å². The molecule has 4 rings (SSSR count). The number of carboxylic acid groups (broad SMARTS) is 1. The van der Waals surface area contributed by atoms with E-state index < -0.39 is 28.8 Å². The van der Waals surface area contributed by atoms with Gasteiger partial charge in [0, 0.05) is 12.6 Å². The Labute approximate surface area is 152 Å². The van der Waals surface area contributed by atoms with Crippen LogP contribution in [0.15, 0.2) is 36.4 Å². The number of carboxylic acids is 1. The van der Waals surface area contributed by atoms with E-state index >= 15 is 0 Å². The SMILES string of the molecule is CN1C(=O)c2ccccc2[C@@H](C(=O)O)[C@H]1c1cc2c(cc1[N+](=O)[O-])OCO2. The predicted molar refractivity (Wildman–Crippen MR) is 90.9 cm³/mol. The topological polar surface area (TPSA) is 119 Å². The maximum atomic E-state index is 12.8. The van der Waals surface area contributed by atoms with Gasteiger partial charge >= 0.3 is 5.97 Å². The van der Waals surface area contributed by atoms with Gasteiger partial charge in [-0.1, -0.05) is 18.2 Å². The number of rotatable bonds is 3. The van der Waals surface area contributed by atoms with Crippen LogP contribution in [-0.4, -0.2) is 40.6 Å². The van der Waals surface area contributed by atoms with E-state index in [4.69, 9.17) is 9.47 Å². The predicted octanol–water partition coefficient (Wildman–Crippen LogP) is 2.32. The van der Waals surface area contributed by atoms with E-state index in [0.29, 0.717) is 5.56 Å². The van der Waals surface area contributed by atoms with E-state index in [9.17, 15) is 24.8 Å². The van der Waals surface area contributed by atoms with Gasteiger partial charge < -0.3 is 19.5 Å². The first-order chi connectivity index (χ1) is 12.9. The van der Waals surface area contributed by atoms with Crippen LogP contribution >= 0.6 is 0 Å². The molecule has 2 aromatic carbocycles. The zero-order valence-electron chi connectivity index (χ0n) is 14.1. The van der Waals surface area contributed by atoms with Gasteiger partial charge in [-0.15, -0.1) is 0 Å². The Hall–Kier alpha value is -3.62. The van der Waals surface area contributed by atoms with Crippen molar-refractivity contribution in [2.75, 3.05) is 13.8 Å². The number of hydrogen-bond donors (Lipinski definition) is 1. The van der Waals surface area contributed by atoms with Crippen LogP contribution < -0.4 is 9.47 Å². The highest BCUT2D eigenvalue weighted by molar-refractivity contribution is 6.00. The van der Waals surface area contributed by atoms with E-state index in [1.165, 1.54) is 24.1 Å². The lowest BCUT2D eigenvalue weighted by atomic mass is 9.79. The number of carbonyl (C=O) groups is 2. The Morgan fingerprint density at radius 2 is 1.89 bits per heavy atom. The summed E-state index contributed by atoms with van der Waals surface area (Å²) in [5.41, 5.74) is 0.355. The highest BCUT2D eigenvalue weighted by Gasteiger charge is 2.45. The molecule has 2 aliphatic rings. The van der Waals surface area contributed by atoms with Crippen molar-refractivity contribution in [2.45, 2.75) is 12.0 Å². The van der Waals surface area contributed by atoms with Gasteiger partial charge in [0.15, 0.2) is 11.5 Å². The Morgan fingerprint density at radius 1 is 1.22 bits per heavy atom. The molecule has 9 heteroatoms. The Kier molecular flexibility index (Phi) is 3.72. The minimum atomic E-state index is -1.18. The van der Waals surface area contributed by atoms with Crippen molar-refractivity contribution in [2.24, 2.45) is 0 Å². The normalized spacial score (nSPS) is 20.3. The molecule has 0 radical (unpaired) electrons. The van der Waals surface area contributed by atoms with E-state index in [2.05, 4.69) is 0 Å². The molecule has 2 aromatic rings. The quantitative estimate of drug-likeness (QED) is 0.650. The van der Waals surface area contributed by atoms with Gasteiger partial charge in [-0.25, -0.2) is 0 Å². The molecule has 0 fully saturated rings. The number of aliphatic carboxylic acids is 1. The van der Waals surface area contributed by atoms with E-state index in [1.807, 2.05) is 0 Å². The Bertz CT molecular complexity index is 988. The molecule has 0 saturated heterocycles. The van der Waals surface area contributed by atoms with Gasteiger partial charge in [0.2, 0.25) is 6.79 Å². The third kappa shape index (κ3) is 2.47. The molecule has 27 heavy (non-hydrogen) atoms. The molecule has 0 unspecified atom stereocenters. The van der Waals surface area contributed by atoms with Gasteiger partial charge in [0.05, 0.1) is 22.6 Å². The summed E-state index contributed by atoms with van der Waals surface area (Å²) in [5, 5.41) is 21.5. The summed E-state index contributed by atoms with van der Waals surface area (Å²) in [4.78, 5) is 37.1. The molecule has 1 N–H and O–H groups in total. The van der Waals surface area contributed by atoms with Crippen molar-refractivity contribution in [3.8, 4) is 11.5 Å². The lowest BCUT2D eigenvalue weighted by Gasteiger charge is -2.38. The molecule has 9 nitrogen and oxygen atoms in total. The molecule has 2 aliphatic heterocycles. The maximum Gasteiger partial charge on any atom is 0.313 e. The minimum Gasteiger partial charge on any atom is -0.481 e. The summed E-state index contributed by atoms with van der Waals surface area (Å²) in [6, 6.07) is 7.92. The van der Waals surface area contributed by atoms with E-state index in [0.717, 1.165) is 0 Å². The second-order valence-electron chi connectivity index (χ2n) is 6.29. The molecule has 2 heterocycles. The fourth-order valence-electron chi connectivity index (χ4n) is 3.67. The first-order valence-corrected chi connectivity index (χ1v) is 8.07. The van der Waals surface area contributed by atoms with Crippen LogP contribution in [-0.2, 0) is 4.79 Å². The molecule has 0 spiro atoms. The molecule has 2 atom stereocenters. The largest absolute Gasteiger partial charge is 0.481 e. The van der Waals surface area contributed by atoms with Crippen LogP contribution in [0.4, 0.5) is 5.69 Å². The van der Waals surface area contributed by atoms with Crippen molar-refractivity contribution in [1.29, 1.82) is 0 Å². The van der Waals surface area contributed by atoms with Crippen molar-refractivity contribution in [3.63, 3.8) is 0 Å². The van der Waals surface area contributed by atoms with Crippen molar-refractivity contribution >= 4 is 17.6 Å². The second-order valence-corrected chi connectivity index (χ2v) is 6.29. The van der Waals surface area contributed by atoms with Crippen molar-refractivity contribution in [3.05, 3.63) is 63.2 Å². The molecule has 0 aliphatic carbocycles. The molecular weight excluding hydrogens is 356 g/mol. The Balaban J connectivity index is 1.96. The van der Waals surface area contributed by atoms with Crippen LogP contribution in [0.2, 0.25) is 0 Å². The van der Waals surface area contributed by atoms with E-state index in [1.54, 1.807) is 24.3 Å². The lowest BCUT2D eigenvalue weighted by Crippen LogP contribution is -2.42. The molecule has 1 amide bonds. The van der Waals surface area contributed by atoms with Crippen LogP contribution in [0, 0.1) is 10.1 Å². The van der Waals surface area contributed by atoms with Crippen molar-refractivity contribution < 1.29 is 29.1 Å². The maximum absolute atomic E-state index is 12.8. The number of hydrogen-bond acceptors (Lipinski definition) is 6. The molecule has 0 bridgehead atoms. The monoisotopic (exact) mass is 370 g/mol. The lowest BCUT2D eigenvalue weighted by molar-refractivity contribution is -0.386. The number of likely N-dealkylation sites (N-methyl/N-ethyl adjacent to an activating group) is 1. The number of benzene rings is 2. The second kappa shape index (κ2) is 5.97. The number of nitro groups is 1. The molecular formula is C18H14N2O7. The fourth-order valence-corrected chi connectivity index (χ4v) is 3.67. The first kappa shape index (κ1) is 16.8. The number of carbonyl (C=O) groups excluding carboxylic acids is 1.